The molecule has 2 N–H and O–H groups in total. The number of carbonyl (C=O) groups excluding carboxylic acids is 1. The number of quaternary nitrogens is 1. The second kappa shape index (κ2) is 15.0. The Bertz CT molecular complexity index is 500. The summed E-state index contributed by atoms with van der Waals surface area (Å²) in [6.45, 7) is 7.94. The van der Waals surface area contributed by atoms with Crippen LogP contribution in [-0.2, 0) is 14.4 Å². The molecular weight excluding hydrogens is 386 g/mol. The summed E-state index contributed by atoms with van der Waals surface area (Å²) in [7, 11) is 0. The van der Waals surface area contributed by atoms with E-state index in [2.05, 4.69) is 6.92 Å². The maximum atomic E-state index is 11.8. The van der Waals surface area contributed by atoms with Crippen molar-refractivity contribution in [3.8, 4) is 0 Å². The molecule has 0 saturated carbocycles. The fraction of sp³-hybridized carbons (Fsp3) is 0.783. The molecule has 174 valence electrons. The van der Waals surface area contributed by atoms with Crippen LogP contribution in [0.1, 0.15) is 79.1 Å². The minimum Gasteiger partial charge on any atom is -0.550 e. The Balaban J connectivity index is 6.00. The molecule has 0 fully saturated rings. The van der Waals surface area contributed by atoms with Crippen molar-refractivity contribution < 1.29 is 34.2 Å². The van der Waals surface area contributed by atoms with Crippen molar-refractivity contribution >= 4 is 17.9 Å². The molecule has 0 radical (unpaired) electrons. The van der Waals surface area contributed by atoms with Crippen LogP contribution in [0, 0.1) is 17.8 Å². The van der Waals surface area contributed by atoms with Crippen molar-refractivity contribution in [1.29, 1.82) is 0 Å². The highest BCUT2D eigenvalue weighted by molar-refractivity contribution is 5.71. The lowest BCUT2D eigenvalue weighted by atomic mass is 9.96. The van der Waals surface area contributed by atoms with Gasteiger partial charge in [-0.2, -0.15) is 0 Å². The van der Waals surface area contributed by atoms with E-state index in [1.54, 1.807) is 20.8 Å². The lowest BCUT2D eigenvalue weighted by Gasteiger charge is -2.41. The fourth-order valence-electron chi connectivity index (χ4n) is 3.84. The fourth-order valence-corrected chi connectivity index (χ4v) is 3.84. The second-order valence-electron chi connectivity index (χ2n) is 8.31. The van der Waals surface area contributed by atoms with Gasteiger partial charge in [0, 0.05) is 5.92 Å². The van der Waals surface area contributed by atoms with E-state index >= 15 is 0 Å². The number of carboxylic acid groups (broad SMARTS) is 3. The van der Waals surface area contributed by atoms with Gasteiger partial charge >= 0.3 is 11.9 Å². The first-order valence-electron chi connectivity index (χ1n) is 11.4. The molecule has 0 heterocycles. The molecule has 7 nitrogen and oxygen atoms in total. The maximum absolute atomic E-state index is 11.8. The van der Waals surface area contributed by atoms with E-state index in [-0.39, 0.29) is 24.1 Å². The third-order valence-corrected chi connectivity index (χ3v) is 5.91. The van der Waals surface area contributed by atoms with Gasteiger partial charge in [0.05, 0.1) is 31.8 Å². The highest BCUT2D eigenvalue weighted by Gasteiger charge is 2.38. The molecule has 0 aliphatic carbocycles. The zero-order valence-electron chi connectivity index (χ0n) is 19.1. The molecule has 0 amide bonds. The molecule has 0 rings (SSSR count). The van der Waals surface area contributed by atoms with Crippen molar-refractivity contribution in [1.82, 2.24) is 0 Å². The summed E-state index contributed by atoms with van der Waals surface area (Å²) in [5, 5.41) is 30.9. The Hall–Kier alpha value is -1.89. The average Bonchev–Trinajstić information content (AvgIpc) is 2.70. The summed E-state index contributed by atoms with van der Waals surface area (Å²) in [5.74, 6) is -5.20. The molecular formula is C23H41NO6. The number of hydrogen-bond donors (Lipinski definition) is 2. The predicted molar refractivity (Wildman–Crippen MR) is 114 cm³/mol. The van der Waals surface area contributed by atoms with Crippen LogP contribution >= 0.6 is 0 Å². The van der Waals surface area contributed by atoms with E-state index < -0.39 is 35.7 Å². The number of aliphatic carboxylic acids is 3. The standard InChI is InChI=1S/C23H41NO6/c1-5-9-10-11-12-13-14-24(15-18(6-2)21(25)26,16-19(7-3)22(27)28)17-20(8-4)23(29)30/h13-14,18-20H,5-12,15-17H2,1-4H3,(H2-,25,26,27,28,29,30)/b14-13+. The van der Waals surface area contributed by atoms with E-state index in [0.717, 1.165) is 32.1 Å². The number of nitrogens with zero attached hydrogens (tertiary/aromatic N) is 1. The summed E-state index contributed by atoms with van der Waals surface area (Å²) in [6.07, 6.45) is 10.1. The molecule has 0 spiro atoms. The Morgan fingerprint density at radius 2 is 1.27 bits per heavy atom. The van der Waals surface area contributed by atoms with E-state index in [1.165, 1.54) is 0 Å². The van der Waals surface area contributed by atoms with Gasteiger partial charge in [-0.3, -0.25) is 14.1 Å². The minimum atomic E-state index is -1.18. The van der Waals surface area contributed by atoms with Gasteiger partial charge in [0.2, 0.25) is 0 Å². The molecule has 3 unspecified atom stereocenters. The van der Waals surface area contributed by atoms with Crippen LogP contribution < -0.4 is 5.11 Å². The van der Waals surface area contributed by atoms with Crippen molar-refractivity contribution in [2.45, 2.75) is 79.1 Å². The van der Waals surface area contributed by atoms with E-state index in [0.29, 0.717) is 19.3 Å². The van der Waals surface area contributed by atoms with Gasteiger partial charge in [-0.15, -0.1) is 0 Å². The van der Waals surface area contributed by atoms with Gasteiger partial charge < -0.3 is 20.1 Å². The Labute approximate surface area is 181 Å². The lowest BCUT2D eigenvalue weighted by Crippen LogP contribution is -2.55. The summed E-state index contributed by atoms with van der Waals surface area (Å²) < 4.78 is 0.0376. The predicted octanol–water partition coefficient (Wildman–Crippen LogP) is 3.29. The van der Waals surface area contributed by atoms with Crippen molar-refractivity contribution in [2.75, 3.05) is 19.6 Å². The lowest BCUT2D eigenvalue weighted by molar-refractivity contribution is -0.887. The molecule has 0 aliphatic rings. The van der Waals surface area contributed by atoms with E-state index in [1.807, 2.05) is 12.3 Å². The Morgan fingerprint density at radius 1 is 0.800 bits per heavy atom. The largest absolute Gasteiger partial charge is 0.550 e. The van der Waals surface area contributed by atoms with Crippen molar-refractivity contribution in [3.05, 3.63) is 12.3 Å². The van der Waals surface area contributed by atoms with Gasteiger partial charge in [-0.25, -0.2) is 0 Å². The first-order valence-corrected chi connectivity index (χ1v) is 11.4. The number of allylic oxidation sites excluding steroid dienone is 1. The number of unbranched alkanes of at least 4 members (excludes halogenated alkanes) is 4. The molecule has 0 saturated heterocycles. The molecule has 0 aliphatic heterocycles. The van der Waals surface area contributed by atoms with Crippen LogP contribution in [0.2, 0.25) is 0 Å². The van der Waals surface area contributed by atoms with Gasteiger partial charge in [-0.05, 0) is 38.2 Å². The van der Waals surface area contributed by atoms with Crippen molar-refractivity contribution in [3.63, 3.8) is 0 Å². The SMILES string of the molecule is CCCCCC/C=C/[N+](CC(CC)C(=O)[O-])(CC(CC)C(=O)O)CC(CC)C(=O)O. The van der Waals surface area contributed by atoms with Crippen LogP contribution in [0.25, 0.3) is 0 Å². The number of rotatable bonds is 18. The monoisotopic (exact) mass is 427 g/mol. The van der Waals surface area contributed by atoms with Crippen LogP contribution in [-0.4, -0.2) is 52.2 Å². The quantitative estimate of drug-likeness (QED) is 0.256. The number of hydrogen-bond acceptors (Lipinski definition) is 4. The Morgan fingerprint density at radius 3 is 1.63 bits per heavy atom. The van der Waals surface area contributed by atoms with E-state index in [4.69, 9.17) is 0 Å². The summed E-state index contributed by atoms with van der Waals surface area (Å²) in [4.78, 5) is 35.2. The normalized spacial score (nSPS) is 16.7. The zero-order valence-corrected chi connectivity index (χ0v) is 19.1. The average molecular weight is 428 g/mol. The summed E-state index contributed by atoms with van der Waals surface area (Å²) in [5.41, 5.74) is 0. The number of carbonyl (C=O) groups is 3. The van der Waals surface area contributed by atoms with Crippen LogP contribution in [0.5, 0.6) is 0 Å². The molecule has 0 bridgehead atoms. The van der Waals surface area contributed by atoms with Gasteiger partial charge in [0.15, 0.2) is 0 Å². The third-order valence-electron chi connectivity index (χ3n) is 5.91. The molecule has 0 aromatic rings. The topological polar surface area (TPSA) is 115 Å². The molecule has 0 aromatic heterocycles. The highest BCUT2D eigenvalue weighted by Crippen LogP contribution is 2.25. The van der Waals surface area contributed by atoms with Gasteiger partial charge in [-0.1, -0.05) is 47.0 Å². The zero-order chi connectivity index (χ0) is 23.2. The molecule has 7 heteroatoms. The highest BCUT2D eigenvalue weighted by atomic mass is 16.4. The third kappa shape index (κ3) is 10.2. The van der Waals surface area contributed by atoms with Crippen LogP contribution in [0.4, 0.5) is 0 Å². The number of carboxylic acids is 3. The van der Waals surface area contributed by atoms with Gasteiger partial charge in [0.25, 0.3) is 0 Å². The second-order valence-corrected chi connectivity index (χ2v) is 8.31. The minimum absolute atomic E-state index is 0.0376. The van der Waals surface area contributed by atoms with Crippen molar-refractivity contribution in [2.24, 2.45) is 17.8 Å². The first-order chi connectivity index (χ1) is 14.2. The van der Waals surface area contributed by atoms with Crippen LogP contribution in [0.3, 0.4) is 0 Å². The molecule has 0 aromatic carbocycles. The van der Waals surface area contributed by atoms with Crippen LogP contribution in [0.15, 0.2) is 12.3 Å². The molecule has 3 atom stereocenters. The molecule has 30 heavy (non-hydrogen) atoms. The van der Waals surface area contributed by atoms with Gasteiger partial charge in [0.1, 0.15) is 11.8 Å². The van der Waals surface area contributed by atoms with E-state index in [9.17, 15) is 29.7 Å². The summed E-state index contributed by atoms with van der Waals surface area (Å²) in [6, 6.07) is 0. The Kier molecular flexibility index (Phi) is 14.0. The smallest absolute Gasteiger partial charge is 0.312 e. The summed E-state index contributed by atoms with van der Waals surface area (Å²) >= 11 is 0. The maximum Gasteiger partial charge on any atom is 0.312 e. The first kappa shape index (κ1) is 28.1.